The van der Waals surface area contributed by atoms with Gasteiger partial charge in [0.2, 0.25) is 0 Å². The van der Waals surface area contributed by atoms with Crippen LogP contribution in [0, 0.1) is 5.82 Å². The van der Waals surface area contributed by atoms with Crippen molar-refractivity contribution in [1.29, 1.82) is 0 Å². The molecule has 0 aliphatic heterocycles. The molecule has 0 radical (unpaired) electrons. The third-order valence-electron chi connectivity index (χ3n) is 2.80. The second-order valence-electron chi connectivity index (χ2n) is 4.74. The highest BCUT2D eigenvalue weighted by Gasteiger charge is 2.15. The third kappa shape index (κ3) is 3.61. The molecule has 0 saturated carbocycles. The molecule has 2 rings (SSSR count). The zero-order valence-electron chi connectivity index (χ0n) is 11.2. The Morgan fingerprint density at radius 1 is 1.05 bits per heavy atom. The zero-order chi connectivity index (χ0) is 14.7. The highest BCUT2D eigenvalue weighted by molar-refractivity contribution is 9.11. The van der Waals surface area contributed by atoms with Gasteiger partial charge >= 0.3 is 0 Å². The van der Waals surface area contributed by atoms with Crippen molar-refractivity contribution in [2.75, 3.05) is 0 Å². The summed E-state index contributed by atoms with van der Waals surface area (Å²) < 4.78 is 19.7. The average Bonchev–Trinajstić information content (AvgIpc) is 2.41. The number of halogens is 3. The number of alkyl halides is 1. The Hall–Kier alpha value is -0.870. The summed E-state index contributed by atoms with van der Waals surface area (Å²) in [5.74, 6) is 0.577. The summed E-state index contributed by atoms with van der Waals surface area (Å²) >= 11 is 6.91. The fraction of sp³-hybridized carbons (Fsp3) is 0.250. The van der Waals surface area contributed by atoms with E-state index in [0.29, 0.717) is 4.47 Å². The molecule has 0 spiro atoms. The normalized spacial score (nSPS) is 12.5. The highest BCUT2D eigenvalue weighted by atomic mass is 79.9. The SMILES string of the molecule is CC(C)Oc1ccc(C(Br)c2cccc(F)c2Br)cc1. The van der Waals surface area contributed by atoms with Crippen molar-refractivity contribution in [2.24, 2.45) is 0 Å². The molecule has 0 aromatic heterocycles. The Morgan fingerprint density at radius 3 is 2.30 bits per heavy atom. The van der Waals surface area contributed by atoms with E-state index in [-0.39, 0.29) is 16.7 Å². The van der Waals surface area contributed by atoms with E-state index in [2.05, 4.69) is 31.9 Å². The van der Waals surface area contributed by atoms with E-state index in [0.717, 1.165) is 16.9 Å². The smallest absolute Gasteiger partial charge is 0.137 e. The van der Waals surface area contributed by atoms with Gasteiger partial charge in [0.15, 0.2) is 0 Å². The summed E-state index contributed by atoms with van der Waals surface area (Å²) in [5, 5.41) is 0. The fourth-order valence-electron chi connectivity index (χ4n) is 1.88. The Morgan fingerprint density at radius 2 is 1.70 bits per heavy atom. The average molecular weight is 402 g/mol. The molecule has 20 heavy (non-hydrogen) atoms. The maximum atomic E-state index is 13.6. The van der Waals surface area contributed by atoms with Gasteiger partial charge in [0, 0.05) is 0 Å². The molecule has 1 nitrogen and oxygen atoms in total. The lowest BCUT2D eigenvalue weighted by Crippen LogP contribution is -2.05. The number of ether oxygens (including phenoxy) is 1. The molecule has 0 aliphatic carbocycles. The largest absolute Gasteiger partial charge is 0.491 e. The first-order valence-corrected chi connectivity index (χ1v) is 8.04. The molecule has 0 amide bonds. The van der Waals surface area contributed by atoms with Gasteiger partial charge in [-0.3, -0.25) is 0 Å². The first kappa shape index (κ1) is 15.5. The Bertz CT molecular complexity index is 582. The Labute approximate surface area is 135 Å². The van der Waals surface area contributed by atoms with Crippen molar-refractivity contribution >= 4 is 31.9 Å². The molecular formula is C16H15Br2FO. The zero-order valence-corrected chi connectivity index (χ0v) is 14.4. The van der Waals surface area contributed by atoms with Crippen molar-refractivity contribution in [2.45, 2.75) is 24.8 Å². The van der Waals surface area contributed by atoms with Crippen molar-refractivity contribution in [3.8, 4) is 5.75 Å². The van der Waals surface area contributed by atoms with Gasteiger partial charge in [-0.25, -0.2) is 4.39 Å². The standard InChI is InChI=1S/C16H15Br2FO/c1-10(2)20-12-8-6-11(7-9-12)15(17)13-4-3-5-14(19)16(13)18/h3-10,15H,1-2H3. The fourth-order valence-corrected chi connectivity index (χ4v) is 3.37. The van der Waals surface area contributed by atoms with Crippen LogP contribution in [0.5, 0.6) is 5.75 Å². The molecule has 0 bridgehead atoms. The maximum absolute atomic E-state index is 13.6. The van der Waals surface area contributed by atoms with Crippen LogP contribution in [0.1, 0.15) is 29.8 Å². The molecule has 1 unspecified atom stereocenters. The van der Waals surface area contributed by atoms with E-state index in [4.69, 9.17) is 4.74 Å². The highest BCUT2D eigenvalue weighted by Crippen LogP contribution is 2.36. The first-order valence-electron chi connectivity index (χ1n) is 6.33. The molecule has 1 atom stereocenters. The van der Waals surface area contributed by atoms with Crippen LogP contribution in [0.2, 0.25) is 0 Å². The molecule has 0 saturated heterocycles. The van der Waals surface area contributed by atoms with E-state index in [1.165, 1.54) is 6.07 Å². The number of hydrogen-bond acceptors (Lipinski definition) is 1. The van der Waals surface area contributed by atoms with E-state index >= 15 is 0 Å². The number of hydrogen-bond donors (Lipinski definition) is 0. The molecule has 0 aliphatic rings. The summed E-state index contributed by atoms with van der Waals surface area (Å²) in [6.45, 7) is 3.98. The predicted molar refractivity (Wildman–Crippen MR) is 87.1 cm³/mol. The minimum Gasteiger partial charge on any atom is -0.491 e. The molecule has 2 aromatic carbocycles. The van der Waals surface area contributed by atoms with E-state index < -0.39 is 0 Å². The van der Waals surface area contributed by atoms with Gasteiger partial charge in [-0.1, -0.05) is 40.2 Å². The molecule has 0 fully saturated rings. The van der Waals surface area contributed by atoms with Crippen molar-refractivity contribution < 1.29 is 9.13 Å². The van der Waals surface area contributed by atoms with Gasteiger partial charge < -0.3 is 4.74 Å². The molecule has 4 heteroatoms. The second kappa shape index (κ2) is 6.72. The van der Waals surface area contributed by atoms with Gasteiger partial charge in [0.05, 0.1) is 15.4 Å². The molecule has 2 aromatic rings. The topological polar surface area (TPSA) is 9.23 Å². The van der Waals surface area contributed by atoms with Crippen LogP contribution in [0.25, 0.3) is 0 Å². The van der Waals surface area contributed by atoms with E-state index in [1.54, 1.807) is 6.07 Å². The lowest BCUT2D eigenvalue weighted by molar-refractivity contribution is 0.242. The molecule has 106 valence electrons. The van der Waals surface area contributed by atoms with Gasteiger partial charge in [0.1, 0.15) is 11.6 Å². The summed E-state index contributed by atoms with van der Waals surface area (Å²) in [6, 6.07) is 12.9. The van der Waals surface area contributed by atoms with Crippen LogP contribution in [-0.2, 0) is 0 Å². The molecule has 0 heterocycles. The van der Waals surface area contributed by atoms with Crippen LogP contribution in [0.15, 0.2) is 46.9 Å². The van der Waals surface area contributed by atoms with Crippen LogP contribution in [0.4, 0.5) is 4.39 Å². The van der Waals surface area contributed by atoms with E-state index in [9.17, 15) is 4.39 Å². The molecular weight excluding hydrogens is 387 g/mol. The minimum atomic E-state index is -0.258. The monoisotopic (exact) mass is 400 g/mol. The number of benzene rings is 2. The lowest BCUT2D eigenvalue weighted by Gasteiger charge is -2.15. The van der Waals surface area contributed by atoms with Crippen LogP contribution < -0.4 is 4.74 Å². The van der Waals surface area contributed by atoms with Gasteiger partial charge in [-0.15, -0.1) is 0 Å². The van der Waals surface area contributed by atoms with Crippen LogP contribution in [-0.4, -0.2) is 6.10 Å². The van der Waals surface area contributed by atoms with Crippen molar-refractivity contribution in [3.05, 3.63) is 63.9 Å². The second-order valence-corrected chi connectivity index (χ2v) is 6.45. The lowest BCUT2D eigenvalue weighted by atomic mass is 10.0. The predicted octanol–water partition coefficient (Wildman–Crippen LogP) is 5.86. The maximum Gasteiger partial charge on any atom is 0.137 e. The minimum absolute atomic E-state index is 0.0688. The summed E-state index contributed by atoms with van der Waals surface area (Å²) in [5.41, 5.74) is 1.91. The van der Waals surface area contributed by atoms with Gasteiger partial charge in [0.25, 0.3) is 0 Å². The summed E-state index contributed by atoms with van der Waals surface area (Å²) in [4.78, 5) is -0.0688. The summed E-state index contributed by atoms with van der Waals surface area (Å²) in [6.07, 6.45) is 0.151. The van der Waals surface area contributed by atoms with Crippen molar-refractivity contribution in [1.82, 2.24) is 0 Å². The van der Waals surface area contributed by atoms with E-state index in [1.807, 2.05) is 44.2 Å². The van der Waals surface area contributed by atoms with Crippen LogP contribution >= 0.6 is 31.9 Å². The third-order valence-corrected chi connectivity index (χ3v) is 4.66. The summed E-state index contributed by atoms with van der Waals surface area (Å²) in [7, 11) is 0. The van der Waals surface area contributed by atoms with Crippen LogP contribution in [0.3, 0.4) is 0 Å². The number of rotatable bonds is 4. The quantitative estimate of drug-likeness (QED) is 0.583. The first-order chi connectivity index (χ1) is 9.49. The van der Waals surface area contributed by atoms with Gasteiger partial charge in [-0.05, 0) is 59.1 Å². The Balaban J connectivity index is 2.25. The molecule has 0 N–H and O–H groups in total. The van der Waals surface area contributed by atoms with Crippen molar-refractivity contribution in [3.63, 3.8) is 0 Å². The Kier molecular flexibility index (Phi) is 5.22. The van der Waals surface area contributed by atoms with Gasteiger partial charge in [-0.2, -0.15) is 0 Å².